The lowest BCUT2D eigenvalue weighted by Crippen LogP contribution is -2.37. The minimum absolute atomic E-state index is 0.234. The summed E-state index contributed by atoms with van der Waals surface area (Å²) in [5.41, 5.74) is 1.75. The summed E-state index contributed by atoms with van der Waals surface area (Å²) in [6.45, 7) is 6.07. The highest BCUT2D eigenvalue weighted by molar-refractivity contribution is 6.31. The summed E-state index contributed by atoms with van der Waals surface area (Å²) < 4.78 is 11.3. The topological polar surface area (TPSA) is 97.8 Å². The maximum atomic E-state index is 12.7. The third kappa shape index (κ3) is 7.46. The molecule has 2 aromatic carbocycles. The maximum Gasteiger partial charge on any atom is 0.347 e. The highest BCUT2D eigenvalue weighted by Gasteiger charge is 2.29. The average Bonchev–Trinajstić information content (AvgIpc) is 2.85. The van der Waals surface area contributed by atoms with Crippen LogP contribution in [0.1, 0.15) is 49.5 Å². The van der Waals surface area contributed by atoms with Gasteiger partial charge in [-0.2, -0.15) is 0 Å². The van der Waals surface area contributed by atoms with E-state index in [0.717, 1.165) is 29.7 Å². The Morgan fingerprint density at radius 1 is 1.08 bits per heavy atom. The highest BCUT2D eigenvalue weighted by atomic mass is 35.5. The van der Waals surface area contributed by atoms with Crippen LogP contribution in [0.25, 0.3) is 11.3 Å². The first-order valence-electron chi connectivity index (χ1n) is 11.9. The molecule has 0 aliphatic carbocycles. The molecule has 1 aromatic heterocycles. The number of pyridine rings is 1. The second-order valence-electron chi connectivity index (χ2n) is 8.84. The predicted octanol–water partition coefficient (Wildman–Crippen LogP) is 5.80. The van der Waals surface area contributed by atoms with Gasteiger partial charge in [-0.05, 0) is 80.8 Å². The maximum absolute atomic E-state index is 12.7. The molecule has 0 saturated carbocycles. The normalized spacial score (nSPS) is 11.1. The molecular formula is C28H31ClN2O5. The van der Waals surface area contributed by atoms with Crippen molar-refractivity contribution in [3.63, 3.8) is 0 Å². The van der Waals surface area contributed by atoms with Crippen molar-refractivity contribution in [3.8, 4) is 22.8 Å². The third-order valence-electron chi connectivity index (χ3n) is 5.50. The van der Waals surface area contributed by atoms with E-state index in [2.05, 4.69) is 17.2 Å². The zero-order valence-corrected chi connectivity index (χ0v) is 21.5. The number of aliphatic carboxylic acids is 1. The summed E-state index contributed by atoms with van der Waals surface area (Å²) in [6.07, 6.45) is 4.31. The van der Waals surface area contributed by atoms with Crippen molar-refractivity contribution in [3.05, 3.63) is 76.9 Å². The molecule has 0 fully saturated rings. The smallest absolute Gasteiger partial charge is 0.347 e. The molecule has 36 heavy (non-hydrogen) atoms. The summed E-state index contributed by atoms with van der Waals surface area (Å²) in [5, 5.41) is 12.6. The molecule has 0 saturated heterocycles. The number of carboxylic acids is 1. The Kier molecular flexibility index (Phi) is 9.31. The van der Waals surface area contributed by atoms with Crippen LogP contribution in [0.4, 0.5) is 0 Å². The molecule has 0 atom stereocenters. The molecule has 8 heteroatoms. The Bertz CT molecular complexity index is 1180. The van der Waals surface area contributed by atoms with E-state index in [0.29, 0.717) is 41.7 Å². The van der Waals surface area contributed by atoms with Gasteiger partial charge in [0.25, 0.3) is 5.91 Å². The standard InChI is InChI=1S/C28H31ClN2O5/c1-4-5-16-35-25-13-9-21(29)17-23(25)26(32)30-15-14-19-6-12-24(31-18-19)20-7-10-22(11-8-20)36-28(2,3)27(33)34/h6-13,17-18H,4-5,14-16H2,1-3H3,(H,30,32)(H,33,34). The fourth-order valence-corrected chi connectivity index (χ4v) is 3.49. The van der Waals surface area contributed by atoms with Gasteiger partial charge in [0.2, 0.25) is 0 Å². The predicted molar refractivity (Wildman–Crippen MR) is 140 cm³/mol. The molecule has 1 amide bonds. The molecule has 0 radical (unpaired) electrons. The van der Waals surface area contributed by atoms with Gasteiger partial charge in [-0.25, -0.2) is 4.79 Å². The van der Waals surface area contributed by atoms with Crippen LogP contribution in [0.5, 0.6) is 11.5 Å². The van der Waals surface area contributed by atoms with Crippen LogP contribution in [0.15, 0.2) is 60.8 Å². The minimum atomic E-state index is -1.31. The van der Waals surface area contributed by atoms with Crippen molar-refractivity contribution in [2.24, 2.45) is 0 Å². The van der Waals surface area contributed by atoms with E-state index in [1.54, 1.807) is 36.5 Å². The van der Waals surface area contributed by atoms with Gasteiger partial charge in [-0.1, -0.05) is 31.0 Å². The highest BCUT2D eigenvalue weighted by Crippen LogP contribution is 2.25. The van der Waals surface area contributed by atoms with Gasteiger partial charge in [0.1, 0.15) is 11.5 Å². The molecule has 0 aliphatic heterocycles. The van der Waals surface area contributed by atoms with Gasteiger partial charge in [0, 0.05) is 23.3 Å². The second kappa shape index (κ2) is 12.4. The van der Waals surface area contributed by atoms with E-state index in [1.807, 2.05) is 24.3 Å². The molecule has 3 rings (SSSR count). The monoisotopic (exact) mass is 510 g/mol. The van der Waals surface area contributed by atoms with Crippen LogP contribution < -0.4 is 14.8 Å². The number of unbranched alkanes of at least 4 members (excludes halogenated alkanes) is 1. The number of hydrogen-bond donors (Lipinski definition) is 2. The molecule has 0 spiro atoms. The number of rotatable bonds is 12. The molecule has 0 bridgehead atoms. The van der Waals surface area contributed by atoms with E-state index in [9.17, 15) is 14.7 Å². The molecule has 3 aromatic rings. The Morgan fingerprint density at radius 2 is 1.83 bits per heavy atom. The zero-order valence-electron chi connectivity index (χ0n) is 20.7. The van der Waals surface area contributed by atoms with Crippen molar-refractivity contribution >= 4 is 23.5 Å². The number of amides is 1. The Balaban J connectivity index is 1.55. The number of ether oxygens (including phenoxy) is 2. The van der Waals surface area contributed by atoms with Gasteiger partial charge in [0.15, 0.2) is 5.60 Å². The number of carbonyl (C=O) groups is 2. The number of aromatic nitrogens is 1. The molecule has 190 valence electrons. The molecule has 0 unspecified atom stereocenters. The minimum Gasteiger partial charge on any atom is -0.493 e. The number of nitrogens with one attached hydrogen (secondary N) is 1. The fourth-order valence-electron chi connectivity index (χ4n) is 3.32. The number of carboxylic acid groups (broad SMARTS) is 1. The first-order valence-corrected chi connectivity index (χ1v) is 12.3. The first kappa shape index (κ1) is 27.0. The molecule has 0 aliphatic rings. The summed E-state index contributed by atoms with van der Waals surface area (Å²) in [4.78, 5) is 28.5. The summed E-state index contributed by atoms with van der Waals surface area (Å²) in [6, 6.07) is 16.0. The summed E-state index contributed by atoms with van der Waals surface area (Å²) in [5.74, 6) is -0.272. The largest absolute Gasteiger partial charge is 0.493 e. The van der Waals surface area contributed by atoms with Gasteiger partial charge in [-0.15, -0.1) is 0 Å². The van der Waals surface area contributed by atoms with E-state index < -0.39 is 11.6 Å². The van der Waals surface area contributed by atoms with Crippen molar-refractivity contribution in [2.75, 3.05) is 13.2 Å². The Morgan fingerprint density at radius 3 is 2.47 bits per heavy atom. The quantitative estimate of drug-likeness (QED) is 0.299. The van der Waals surface area contributed by atoms with Crippen LogP contribution in [0.3, 0.4) is 0 Å². The van der Waals surface area contributed by atoms with E-state index in [4.69, 9.17) is 21.1 Å². The summed E-state index contributed by atoms with van der Waals surface area (Å²) in [7, 11) is 0. The van der Waals surface area contributed by atoms with E-state index in [1.165, 1.54) is 13.8 Å². The molecule has 7 nitrogen and oxygen atoms in total. The van der Waals surface area contributed by atoms with Crippen molar-refractivity contribution in [1.29, 1.82) is 0 Å². The number of hydrogen-bond acceptors (Lipinski definition) is 5. The fraction of sp³-hybridized carbons (Fsp3) is 0.321. The van der Waals surface area contributed by atoms with Crippen LogP contribution in [-0.4, -0.2) is 40.7 Å². The second-order valence-corrected chi connectivity index (χ2v) is 9.28. The SMILES string of the molecule is CCCCOc1ccc(Cl)cc1C(=O)NCCc1ccc(-c2ccc(OC(C)(C)C(=O)O)cc2)nc1. The van der Waals surface area contributed by atoms with Crippen molar-refractivity contribution < 1.29 is 24.2 Å². The lowest BCUT2D eigenvalue weighted by molar-refractivity contribution is -0.152. The van der Waals surface area contributed by atoms with Gasteiger partial charge >= 0.3 is 5.97 Å². The summed E-state index contributed by atoms with van der Waals surface area (Å²) >= 11 is 6.09. The number of nitrogens with zero attached hydrogens (tertiary/aromatic N) is 1. The molecule has 2 N–H and O–H groups in total. The van der Waals surface area contributed by atoms with E-state index in [-0.39, 0.29) is 5.91 Å². The number of benzene rings is 2. The Hall–Kier alpha value is -3.58. The lowest BCUT2D eigenvalue weighted by atomic mass is 10.1. The average molecular weight is 511 g/mol. The van der Waals surface area contributed by atoms with Gasteiger partial charge in [-0.3, -0.25) is 9.78 Å². The number of carbonyl (C=O) groups excluding carboxylic acids is 1. The molecule has 1 heterocycles. The zero-order chi connectivity index (χ0) is 26.1. The number of halogens is 1. The van der Waals surface area contributed by atoms with Crippen molar-refractivity contribution in [2.45, 2.75) is 45.6 Å². The first-order chi connectivity index (χ1) is 17.2. The van der Waals surface area contributed by atoms with Crippen LogP contribution in [-0.2, 0) is 11.2 Å². The van der Waals surface area contributed by atoms with Crippen molar-refractivity contribution in [1.82, 2.24) is 10.3 Å². The molecular weight excluding hydrogens is 480 g/mol. The Labute approximate surface area is 216 Å². The van der Waals surface area contributed by atoms with Crippen LogP contribution in [0.2, 0.25) is 5.02 Å². The van der Waals surface area contributed by atoms with Gasteiger partial charge < -0.3 is 19.9 Å². The lowest BCUT2D eigenvalue weighted by Gasteiger charge is -2.21. The van der Waals surface area contributed by atoms with Crippen LogP contribution in [0, 0.1) is 0 Å². The van der Waals surface area contributed by atoms with Crippen LogP contribution >= 0.6 is 11.6 Å². The van der Waals surface area contributed by atoms with Gasteiger partial charge in [0.05, 0.1) is 17.9 Å². The van der Waals surface area contributed by atoms with E-state index >= 15 is 0 Å². The third-order valence-corrected chi connectivity index (χ3v) is 5.74.